The molecule has 22 heavy (non-hydrogen) atoms. The summed E-state index contributed by atoms with van der Waals surface area (Å²) >= 11 is 0. The van der Waals surface area contributed by atoms with Gasteiger partial charge in [-0.05, 0) is 56.3 Å². The van der Waals surface area contributed by atoms with Gasteiger partial charge in [-0.1, -0.05) is 6.42 Å². The summed E-state index contributed by atoms with van der Waals surface area (Å²) in [7, 11) is 0. The smallest absolute Gasteiger partial charge is 0.226 e. The average Bonchev–Trinajstić information content (AvgIpc) is 3.31. The number of ether oxygens (including phenoxy) is 1. The number of fused-ring (bicyclic) bond motifs is 2. The van der Waals surface area contributed by atoms with Gasteiger partial charge in [-0.25, -0.2) is 0 Å². The Bertz CT molecular complexity index is 401. The van der Waals surface area contributed by atoms with Gasteiger partial charge in [0.1, 0.15) is 0 Å². The Hall–Kier alpha value is -0.320. The Morgan fingerprint density at radius 2 is 1.73 bits per heavy atom. The van der Waals surface area contributed by atoms with Crippen molar-refractivity contribution in [3.05, 3.63) is 0 Å². The molecule has 4 aliphatic rings. The molecule has 0 spiro atoms. The van der Waals surface area contributed by atoms with Crippen LogP contribution in [0.2, 0.25) is 0 Å². The van der Waals surface area contributed by atoms with Gasteiger partial charge in [0.05, 0.1) is 19.3 Å². The lowest BCUT2D eigenvalue weighted by Crippen LogP contribution is -2.55. The highest BCUT2D eigenvalue weighted by Gasteiger charge is 2.45. The zero-order valence-corrected chi connectivity index (χ0v) is 14.1. The number of halogens is 1. The van der Waals surface area contributed by atoms with Gasteiger partial charge in [0, 0.05) is 18.5 Å². The number of hydrogen-bond donors (Lipinski definition) is 1. The van der Waals surface area contributed by atoms with E-state index < -0.39 is 0 Å². The van der Waals surface area contributed by atoms with Crippen molar-refractivity contribution in [3.8, 4) is 0 Å². The van der Waals surface area contributed by atoms with Crippen LogP contribution < -0.4 is 5.73 Å². The minimum absolute atomic E-state index is 0. The molecule has 0 aromatic rings. The van der Waals surface area contributed by atoms with Gasteiger partial charge in [-0.15, -0.1) is 12.4 Å². The molecule has 3 atom stereocenters. The highest BCUT2D eigenvalue weighted by Crippen LogP contribution is 2.43. The van der Waals surface area contributed by atoms with Gasteiger partial charge in [0.15, 0.2) is 0 Å². The Morgan fingerprint density at radius 1 is 1.05 bits per heavy atom. The average molecular weight is 329 g/mol. The Balaban J connectivity index is 0.00000144. The highest BCUT2D eigenvalue weighted by atomic mass is 35.5. The van der Waals surface area contributed by atoms with E-state index in [-0.39, 0.29) is 18.3 Å². The van der Waals surface area contributed by atoms with E-state index in [1.54, 1.807) is 0 Å². The molecule has 3 unspecified atom stereocenters. The lowest BCUT2D eigenvalue weighted by molar-refractivity contribution is -0.148. The van der Waals surface area contributed by atoms with Crippen LogP contribution in [0.15, 0.2) is 0 Å². The first-order valence-electron chi connectivity index (χ1n) is 8.88. The van der Waals surface area contributed by atoms with Crippen LogP contribution in [0.1, 0.15) is 44.9 Å². The van der Waals surface area contributed by atoms with E-state index in [4.69, 9.17) is 10.5 Å². The van der Waals surface area contributed by atoms with E-state index in [1.165, 1.54) is 32.1 Å². The van der Waals surface area contributed by atoms with Crippen LogP contribution in [0.5, 0.6) is 0 Å². The van der Waals surface area contributed by atoms with Crippen molar-refractivity contribution in [1.29, 1.82) is 0 Å². The summed E-state index contributed by atoms with van der Waals surface area (Å²) in [4.78, 5) is 15.2. The standard InChI is InChI=1S/C17H28N2O2.ClH/c18-16-12-2-1-3-13(16)9-14(8-12)17(20)19-6-7-21-10-15(19)11-4-5-11;/h11-16H,1-10,18H2;1H. The summed E-state index contributed by atoms with van der Waals surface area (Å²) in [6.07, 6.45) is 8.40. The zero-order chi connectivity index (χ0) is 14.4. The van der Waals surface area contributed by atoms with Crippen molar-refractivity contribution in [2.24, 2.45) is 29.4 Å². The third kappa shape index (κ3) is 3.02. The lowest BCUT2D eigenvalue weighted by atomic mass is 9.65. The van der Waals surface area contributed by atoms with Gasteiger partial charge >= 0.3 is 0 Å². The fourth-order valence-electron chi connectivity index (χ4n) is 4.99. The first-order chi connectivity index (χ1) is 10.2. The van der Waals surface area contributed by atoms with Crippen molar-refractivity contribution in [1.82, 2.24) is 4.90 Å². The maximum atomic E-state index is 13.1. The first-order valence-corrected chi connectivity index (χ1v) is 8.88. The Labute approximate surface area is 139 Å². The second kappa shape index (κ2) is 6.66. The van der Waals surface area contributed by atoms with E-state index in [9.17, 15) is 4.79 Å². The molecule has 3 aliphatic carbocycles. The molecule has 1 amide bonds. The molecule has 0 radical (unpaired) electrons. The van der Waals surface area contributed by atoms with Crippen LogP contribution in [0.4, 0.5) is 0 Å². The van der Waals surface area contributed by atoms with Crippen LogP contribution in [0.25, 0.3) is 0 Å². The van der Waals surface area contributed by atoms with Crippen molar-refractivity contribution >= 4 is 18.3 Å². The Morgan fingerprint density at radius 3 is 2.36 bits per heavy atom. The molecule has 4 rings (SSSR count). The number of nitrogens with two attached hydrogens (primary N) is 1. The quantitative estimate of drug-likeness (QED) is 0.845. The van der Waals surface area contributed by atoms with Crippen LogP contribution >= 0.6 is 12.4 Å². The number of amides is 1. The zero-order valence-electron chi connectivity index (χ0n) is 13.3. The van der Waals surface area contributed by atoms with Crippen LogP contribution in [0.3, 0.4) is 0 Å². The van der Waals surface area contributed by atoms with Crippen LogP contribution in [-0.4, -0.2) is 42.6 Å². The van der Waals surface area contributed by atoms with Crippen molar-refractivity contribution in [2.75, 3.05) is 19.8 Å². The molecule has 1 heterocycles. The van der Waals surface area contributed by atoms with E-state index in [0.29, 0.717) is 42.4 Å². The molecular weight excluding hydrogens is 300 g/mol. The number of nitrogens with zero attached hydrogens (tertiary/aromatic N) is 1. The number of carbonyl (C=O) groups is 1. The first kappa shape index (κ1) is 16.5. The number of hydrogen-bond acceptors (Lipinski definition) is 3. The molecular formula is C17H29ClN2O2. The fraction of sp³-hybridized carbons (Fsp3) is 0.941. The SMILES string of the molecule is Cl.NC1C2CCCC1CC(C(=O)N1CCOCC1C1CC1)C2. The molecule has 4 fully saturated rings. The predicted molar refractivity (Wildman–Crippen MR) is 87.8 cm³/mol. The summed E-state index contributed by atoms with van der Waals surface area (Å²) in [6.45, 7) is 2.28. The van der Waals surface area contributed by atoms with E-state index in [0.717, 1.165) is 26.0 Å². The molecule has 1 aliphatic heterocycles. The molecule has 4 nitrogen and oxygen atoms in total. The van der Waals surface area contributed by atoms with Crippen LogP contribution in [-0.2, 0) is 9.53 Å². The minimum atomic E-state index is 0. The molecule has 2 bridgehead atoms. The van der Waals surface area contributed by atoms with Crippen molar-refractivity contribution in [2.45, 2.75) is 57.0 Å². The molecule has 1 saturated heterocycles. The third-order valence-electron chi connectivity index (χ3n) is 6.38. The third-order valence-corrected chi connectivity index (χ3v) is 6.38. The van der Waals surface area contributed by atoms with Crippen molar-refractivity contribution in [3.63, 3.8) is 0 Å². The summed E-state index contributed by atoms with van der Waals surface area (Å²) in [6, 6.07) is 0.716. The minimum Gasteiger partial charge on any atom is -0.377 e. The number of morpholine rings is 1. The van der Waals surface area contributed by atoms with E-state index >= 15 is 0 Å². The lowest BCUT2D eigenvalue weighted by Gasteiger charge is -2.46. The molecule has 2 N–H and O–H groups in total. The Kier molecular flexibility index (Phi) is 5.01. The van der Waals surface area contributed by atoms with Crippen LogP contribution in [0, 0.1) is 23.7 Å². The predicted octanol–water partition coefficient (Wildman–Crippen LogP) is 2.20. The van der Waals surface area contributed by atoms with E-state index in [1.807, 2.05) is 0 Å². The maximum Gasteiger partial charge on any atom is 0.226 e. The van der Waals surface area contributed by atoms with E-state index in [2.05, 4.69) is 4.90 Å². The molecule has 0 aromatic heterocycles. The molecule has 3 saturated carbocycles. The monoisotopic (exact) mass is 328 g/mol. The summed E-state index contributed by atoms with van der Waals surface area (Å²) in [5, 5.41) is 0. The second-order valence-electron chi connectivity index (χ2n) is 7.71. The van der Waals surface area contributed by atoms with Gasteiger partial charge in [-0.3, -0.25) is 4.79 Å². The molecule has 0 aromatic carbocycles. The van der Waals surface area contributed by atoms with Gasteiger partial charge < -0.3 is 15.4 Å². The summed E-state index contributed by atoms with van der Waals surface area (Å²) in [5.41, 5.74) is 6.37. The number of rotatable bonds is 2. The summed E-state index contributed by atoms with van der Waals surface area (Å²) in [5.74, 6) is 2.54. The van der Waals surface area contributed by atoms with Gasteiger partial charge in [-0.2, -0.15) is 0 Å². The fourth-order valence-corrected chi connectivity index (χ4v) is 4.99. The molecule has 5 heteroatoms. The second-order valence-corrected chi connectivity index (χ2v) is 7.71. The summed E-state index contributed by atoms with van der Waals surface area (Å²) < 4.78 is 5.63. The molecule has 126 valence electrons. The van der Waals surface area contributed by atoms with Gasteiger partial charge in [0.25, 0.3) is 0 Å². The van der Waals surface area contributed by atoms with Crippen molar-refractivity contribution < 1.29 is 9.53 Å². The highest BCUT2D eigenvalue weighted by molar-refractivity contribution is 5.85. The van der Waals surface area contributed by atoms with Gasteiger partial charge in [0.2, 0.25) is 5.91 Å². The largest absolute Gasteiger partial charge is 0.377 e. The number of carbonyl (C=O) groups excluding carboxylic acids is 1. The normalized spacial score (nSPS) is 41.7. The topological polar surface area (TPSA) is 55.6 Å². The maximum absolute atomic E-state index is 13.1.